The largest absolute Gasteiger partial charge is 0.465 e. The summed E-state index contributed by atoms with van der Waals surface area (Å²) in [5.74, 6) is -6.62. The summed E-state index contributed by atoms with van der Waals surface area (Å²) in [5.41, 5.74) is -0.211. The molecule has 0 saturated carbocycles. The number of aliphatic hydroxyl groups is 2. The number of halogens is 1. The van der Waals surface area contributed by atoms with Crippen LogP contribution in [0.4, 0.5) is 4.39 Å². The second kappa shape index (κ2) is 4.38. The number of hydrogen-bond donors (Lipinski definition) is 2. The van der Waals surface area contributed by atoms with Crippen LogP contribution in [0.2, 0.25) is 0 Å². The maximum absolute atomic E-state index is 12.5. The number of carbonyl (C=O) groups excluding carboxylic acids is 2. The second-order valence-corrected chi connectivity index (χ2v) is 3.00. The molecular formula is C10H9FO5. The molecule has 0 spiro atoms. The van der Waals surface area contributed by atoms with Gasteiger partial charge in [0.15, 0.2) is 0 Å². The van der Waals surface area contributed by atoms with Gasteiger partial charge in [0.1, 0.15) is 5.82 Å². The van der Waals surface area contributed by atoms with Gasteiger partial charge in [0.2, 0.25) is 5.78 Å². The minimum absolute atomic E-state index is 0.211. The van der Waals surface area contributed by atoms with Crippen LogP contribution in [0.5, 0.6) is 0 Å². The maximum Gasteiger partial charge on any atom is 0.375 e. The van der Waals surface area contributed by atoms with E-state index in [1.165, 1.54) is 0 Å². The summed E-state index contributed by atoms with van der Waals surface area (Å²) < 4.78 is 16.6. The van der Waals surface area contributed by atoms with E-state index < -0.39 is 23.4 Å². The van der Waals surface area contributed by atoms with Crippen LogP contribution in [-0.4, -0.2) is 34.9 Å². The van der Waals surface area contributed by atoms with Crippen LogP contribution in [0.1, 0.15) is 10.4 Å². The summed E-state index contributed by atoms with van der Waals surface area (Å²) >= 11 is 0. The Kier molecular flexibility index (Phi) is 3.36. The van der Waals surface area contributed by atoms with E-state index in [9.17, 15) is 24.2 Å². The third-order valence-corrected chi connectivity index (χ3v) is 1.89. The molecule has 0 atom stereocenters. The topological polar surface area (TPSA) is 83.8 Å². The first kappa shape index (κ1) is 12.3. The molecule has 1 aromatic carbocycles. The predicted molar refractivity (Wildman–Crippen MR) is 49.9 cm³/mol. The lowest BCUT2D eigenvalue weighted by Gasteiger charge is -2.16. The number of Topliss-reactive ketones (excluding diaryl/α,β-unsaturated/α-hetero) is 1. The van der Waals surface area contributed by atoms with Gasteiger partial charge in [-0.05, 0) is 24.3 Å². The summed E-state index contributed by atoms with van der Waals surface area (Å²) in [5, 5.41) is 18.4. The number of esters is 1. The van der Waals surface area contributed by atoms with Crippen LogP contribution in [-0.2, 0) is 9.53 Å². The Morgan fingerprint density at radius 3 is 2.19 bits per heavy atom. The van der Waals surface area contributed by atoms with Gasteiger partial charge in [0.25, 0.3) is 0 Å². The molecule has 1 rings (SSSR count). The molecule has 0 fully saturated rings. The Morgan fingerprint density at radius 1 is 1.25 bits per heavy atom. The zero-order chi connectivity index (χ0) is 12.3. The smallest absolute Gasteiger partial charge is 0.375 e. The molecular weight excluding hydrogens is 219 g/mol. The monoisotopic (exact) mass is 228 g/mol. The van der Waals surface area contributed by atoms with E-state index in [0.29, 0.717) is 0 Å². The van der Waals surface area contributed by atoms with Crippen molar-refractivity contribution in [1.82, 2.24) is 0 Å². The highest BCUT2D eigenvalue weighted by atomic mass is 19.1. The lowest BCUT2D eigenvalue weighted by molar-refractivity contribution is -0.189. The molecule has 2 N–H and O–H groups in total. The van der Waals surface area contributed by atoms with Crippen molar-refractivity contribution in [2.45, 2.75) is 5.79 Å². The SMILES string of the molecule is COC(=O)C(O)(O)C(=O)c1ccc(F)cc1. The molecule has 16 heavy (non-hydrogen) atoms. The zero-order valence-electron chi connectivity index (χ0n) is 8.31. The molecule has 0 aromatic heterocycles. The fraction of sp³-hybridized carbons (Fsp3) is 0.200. The van der Waals surface area contributed by atoms with E-state index in [1.807, 2.05) is 0 Å². The first-order valence-corrected chi connectivity index (χ1v) is 4.23. The number of ether oxygens (including phenoxy) is 1. The first-order chi connectivity index (χ1) is 7.39. The van der Waals surface area contributed by atoms with E-state index >= 15 is 0 Å². The average Bonchev–Trinajstić information content (AvgIpc) is 2.28. The number of rotatable bonds is 3. The van der Waals surface area contributed by atoms with E-state index in [-0.39, 0.29) is 5.56 Å². The Bertz CT molecular complexity index is 410. The zero-order valence-corrected chi connectivity index (χ0v) is 8.31. The molecule has 1 aromatic rings. The summed E-state index contributed by atoms with van der Waals surface area (Å²) in [7, 11) is 0.904. The van der Waals surface area contributed by atoms with Gasteiger partial charge in [-0.15, -0.1) is 0 Å². The van der Waals surface area contributed by atoms with Crippen molar-refractivity contribution in [2.75, 3.05) is 7.11 Å². The summed E-state index contributed by atoms with van der Waals surface area (Å²) in [6.45, 7) is 0. The van der Waals surface area contributed by atoms with Crippen LogP contribution in [0.3, 0.4) is 0 Å². The molecule has 0 heterocycles. The lowest BCUT2D eigenvalue weighted by Crippen LogP contribution is -2.47. The van der Waals surface area contributed by atoms with Crippen LogP contribution in [0, 0.1) is 5.82 Å². The van der Waals surface area contributed by atoms with Crippen LogP contribution < -0.4 is 0 Å². The Balaban J connectivity index is 3.02. The molecule has 0 bridgehead atoms. The van der Waals surface area contributed by atoms with Gasteiger partial charge in [-0.25, -0.2) is 9.18 Å². The molecule has 0 unspecified atom stereocenters. The Labute approximate surface area is 90.1 Å². The third-order valence-electron chi connectivity index (χ3n) is 1.89. The van der Waals surface area contributed by atoms with E-state index in [2.05, 4.69) is 4.74 Å². The number of methoxy groups -OCH3 is 1. The van der Waals surface area contributed by atoms with Crippen molar-refractivity contribution in [3.63, 3.8) is 0 Å². The lowest BCUT2D eigenvalue weighted by atomic mass is 10.0. The van der Waals surface area contributed by atoms with E-state index in [0.717, 1.165) is 31.4 Å². The van der Waals surface area contributed by atoms with E-state index in [1.54, 1.807) is 0 Å². The number of benzene rings is 1. The van der Waals surface area contributed by atoms with Crippen molar-refractivity contribution in [1.29, 1.82) is 0 Å². The molecule has 0 saturated heterocycles. The highest BCUT2D eigenvalue weighted by Gasteiger charge is 2.43. The van der Waals surface area contributed by atoms with E-state index in [4.69, 9.17) is 0 Å². The molecule has 0 aliphatic carbocycles. The molecule has 0 amide bonds. The molecule has 0 radical (unpaired) electrons. The Morgan fingerprint density at radius 2 is 1.75 bits per heavy atom. The Hall–Kier alpha value is -1.79. The number of hydrogen-bond acceptors (Lipinski definition) is 5. The predicted octanol–water partition coefficient (Wildman–Crippen LogP) is -0.138. The molecule has 0 aliphatic heterocycles. The summed E-state index contributed by atoms with van der Waals surface area (Å²) in [6.07, 6.45) is 0. The summed E-state index contributed by atoms with van der Waals surface area (Å²) in [6, 6.07) is 3.98. The van der Waals surface area contributed by atoms with Crippen molar-refractivity contribution < 1.29 is 28.9 Å². The van der Waals surface area contributed by atoms with Gasteiger partial charge >= 0.3 is 11.8 Å². The average molecular weight is 228 g/mol. The minimum Gasteiger partial charge on any atom is -0.465 e. The molecule has 5 nitrogen and oxygen atoms in total. The van der Waals surface area contributed by atoms with Gasteiger partial charge < -0.3 is 14.9 Å². The number of ketones is 1. The molecule has 86 valence electrons. The van der Waals surface area contributed by atoms with Crippen LogP contribution in [0.15, 0.2) is 24.3 Å². The van der Waals surface area contributed by atoms with Gasteiger partial charge in [0.05, 0.1) is 7.11 Å². The number of carbonyl (C=O) groups is 2. The van der Waals surface area contributed by atoms with Gasteiger partial charge in [-0.2, -0.15) is 0 Å². The quantitative estimate of drug-likeness (QED) is 0.325. The highest BCUT2D eigenvalue weighted by molar-refractivity contribution is 6.13. The fourth-order valence-corrected chi connectivity index (χ4v) is 1.04. The van der Waals surface area contributed by atoms with Crippen molar-refractivity contribution in [2.24, 2.45) is 0 Å². The standard InChI is InChI=1S/C10H9FO5/c1-16-9(13)10(14,15)8(12)6-2-4-7(11)5-3-6/h2-5,14-15H,1H3. The molecule has 0 aliphatic rings. The highest BCUT2D eigenvalue weighted by Crippen LogP contribution is 2.13. The first-order valence-electron chi connectivity index (χ1n) is 4.23. The third kappa shape index (κ3) is 2.23. The van der Waals surface area contributed by atoms with Crippen LogP contribution >= 0.6 is 0 Å². The van der Waals surface area contributed by atoms with Gasteiger partial charge in [-0.1, -0.05) is 0 Å². The normalized spacial score (nSPS) is 11.0. The van der Waals surface area contributed by atoms with Crippen molar-refractivity contribution in [3.8, 4) is 0 Å². The summed E-state index contributed by atoms with van der Waals surface area (Å²) in [4.78, 5) is 22.4. The second-order valence-electron chi connectivity index (χ2n) is 3.00. The van der Waals surface area contributed by atoms with Gasteiger partial charge in [-0.3, -0.25) is 4.79 Å². The van der Waals surface area contributed by atoms with Gasteiger partial charge in [0, 0.05) is 5.56 Å². The van der Waals surface area contributed by atoms with Crippen LogP contribution in [0.25, 0.3) is 0 Å². The van der Waals surface area contributed by atoms with Crippen molar-refractivity contribution >= 4 is 11.8 Å². The van der Waals surface area contributed by atoms with Crippen molar-refractivity contribution in [3.05, 3.63) is 35.6 Å². The minimum atomic E-state index is -3.26. The maximum atomic E-state index is 12.5. The fourth-order valence-electron chi connectivity index (χ4n) is 1.04. The molecule has 6 heteroatoms.